The lowest BCUT2D eigenvalue weighted by atomic mass is 9.82. The van der Waals surface area contributed by atoms with Crippen molar-refractivity contribution in [3.8, 4) is 11.5 Å². The minimum atomic E-state index is -0.117. The number of amidine groups is 1. The maximum atomic E-state index is 13.6. The highest BCUT2D eigenvalue weighted by molar-refractivity contribution is 5.95. The predicted octanol–water partition coefficient (Wildman–Crippen LogP) is 2.74. The van der Waals surface area contributed by atoms with Crippen LogP contribution in [0.3, 0.4) is 0 Å². The Kier molecular flexibility index (Phi) is 4.48. The molecule has 2 unspecified atom stereocenters. The molecule has 162 valence electrons. The molecule has 7 nitrogen and oxygen atoms in total. The monoisotopic (exact) mass is 420 g/mol. The fraction of sp³-hybridized carbons (Fsp3) is 0.417. The van der Waals surface area contributed by atoms with E-state index in [1.54, 1.807) is 0 Å². The van der Waals surface area contributed by atoms with Crippen molar-refractivity contribution in [1.29, 1.82) is 5.41 Å². The number of carbonyl (C=O) groups is 1. The summed E-state index contributed by atoms with van der Waals surface area (Å²) in [6.45, 7) is 6.00. The second kappa shape index (κ2) is 6.99. The number of nitrogen functional groups attached to an aromatic ring is 1. The number of fused-ring (bicyclic) bond motifs is 2. The first kappa shape index (κ1) is 19.9. The molecule has 2 aromatic rings. The van der Waals surface area contributed by atoms with E-state index in [1.165, 1.54) is 0 Å². The third-order valence-corrected chi connectivity index (χ3v) is 7.39. The summed E-state index contributed by atoms with van der Waals surface area (Å²) in [6.07, 6.45) is 0. The van der Waals surface area contributed by atoms with Crippen molar-refractivity contribution in [2.45, 2.75) is 32.0 Å². The van der Waals surface area contributed by atoms with E-state index < -0.39 is 0 Å². The molecule has 5 rings (SSSR count). The Labute approximate surface area is 182 Å². The summed E-state index contributed by atoms with van der Waals surface area (Å²) in [7, 11) is 2.11. The number of ether oxygens (including phenoxy) is 2. The summed E-state index contributed by atoms with van der Waals surface area (Å²) in [5.41, 5.74) is 8.33. The van der Waals surface area contributed by atoms with E-state index in [2.05, 4.69) is 25.8 Å². The summed E-state index contributed by atoms with van der Waals surface area (Å²) >= 11 is 0. The molecular formula is C24H28N4O3. The Hall–Kier alpha value is -3.06. The van der Waals surface area contributed by atoms with E-state index >= 15 is 0 Å². The molecule has 3 aliphatic heterocycles. The van der Waals surface area contributed by atoms with Crippen LogP contribution in [0.2, 0.25) is 0 Å². The van der Waals surface area contributed by atoms with Crippen LogP contribution in [-0.4, -0.2) is 47.5 Å². The number of nitrogens with one attached hydrogen (secondary N) is 1. The van der Waals surface area contributed by atoms with Gasteiger partial charge in [-0.3, -0.25) is 15.1 Å². The van der Waals surface area contributed by atoms with Crippen LogP contribution in [0.4, 0.5) is 0 Å². The predicted molar refractivity (Wildman–Crippen MR) is 117 cm³/mol. The Morgan fingerprint density at radius 1 is 1.16 bits per heavy atom. The average Bonchev–Trinajstić information content (AvgIpc) is 3.38. The van der Waals surface area contributed by atoms with Gasteiger partial charge in [-0.25, -0.2) is 0 Å². The van der Waals surface area contributed by atoms with Gasteiger partial charge in [0.2, 0.25) is 12.7 Å². The van der Waals surface area contributed by atoms with Crippen molar-refractivity contribution in [1.82, 2.24) is 9.80 Å². The molecule has 3 atom stereocenters. The van der Waals surface area contributed by atoms with Crippen LogP contribution in [0.1, 0.15) is 36.6 Å². The molecule has 0 saturated carbocycles. The lowest BCUT2D eigenvalue weighted by Crippen LogP contribution is -2.43. The van der Waals surface area contributed by atoms with Crippen molar-refractivity contribution in [3.63, 3.8) is 0 Å². The standard InChI is InChI=1S/C24H28N4O3/c1-24(2)17-12-28(11-14-4-9-18-19(10-14)31-13-30-18)23(29)20(17)21(27(24)3)15-5-7-16(8-6-15)22(25)26/h4-10,17,20-21H,11-13H2,1-3H3,(H3,25,26)/t17?,20?,21-/m0/s1. The molecule has 31 heavy (non-hydrogen) atoms. The molecule has 3 N–H and O–H groups in total. The molecule has 3 aliphatic rings. The van der Waals surface area contributed by atoms with E-state index in [0.29, 0.717) is 12.1 Å². The highest BCUT2D eigenvalue weighted by Crippen LogP contribution is 2.53. The first-order chi connectivity index (χ1) is 14.8. The van der Waals surface area contributed by atoms with Crippen molar-refractivity contribution in [3.05, 3.63) is 59.2 Å². The van der Waals surface area contributed by atoms with Gasteiger partial charge in [-0.05, 0) is 44.2 Å². The molecule has 7 heteroatoms. The summed E-state index contributed by atoms with van der Waals surface area (Å²) in [5, 5.41) is 7.64. The second-order valence-electron chi connectivity index (χ2n) is 9.28. The molecule has 2 fully saturated rings. The van der Waals surface area contributed by atoms with Gasteiger partial charge in [0.1, 0.15) is 5.84 Å². The fourth-order valence-electron chi connectivity index (χ4n) is 5.40. The van der Waals surface area contributed by atoms with Gasteiger partial charge in [0.05, 0.1) is 5.92 Å². The van der Waals surface area contributed by atoms with Crippen molar-refractivity contribution in [2.75, 3.05) is 20.4 Å². The van der Waals surface area contributed by atoms with Gasteiger partial charge in [0.15, 0.2) is 11.5 Å². The Balaban J connectivity index is 1.42. The minimum Gasteiger partial charge on any atom is -0.454 e. The Morgan fingerprint density at radius 2 is 1.87 bits per heavy atom. The molecule has 2 saturated heterocycles. The highest BCUT2D eigenvalue weighted by Gasteiger charge is 2.60. The zero-order valence-electron chi connectivity index (χ0n) is 18.1. The van der Waals surface area contributed by atoms with Crippen LogP contribution >= 0.6 is 0 Å². The second-order valence-corrected chi connectivity index (χ2v) is 9.28. The normalized spacial score (nSPS) is 26.4. The van der Waals surface area contributed by atoms with Crippen LogP contribution in [0, 0.1) is 17.2 Å². The smallest absolute Gasteiger partial charge is 0.231 e. The largest absolute Gasteiger partial charge is 0.454 e. The number of carbonyl (C=O) groups excluding carboxylic acids is 1. The average molecular weight is 421 g/mol. The maximum Gasteiger partial charge on any atom is 0.231 e. The van der Waals surface area contributed by atoms with Crippen LogP contribution in [0.25, 0.3) is 0 Å². The lowest BCUT2D eigenvalue weighted by Gasteiger charge is -2.36. The third-order valence-electron chi connectivity index (χ3n) is 7.39. The number of nitrogens with two attached hydrogens (primary N) is 1. The van der Waals surface area contributed by atoms with Gasteiger partial charge >= 0.3 is 0 Å². The van der Waals surface area contributed by atoms with Crippen LogP contribution in [-0.2, 0) is 11.3 Å². The maximum absolute atomic E-state index is 13.6. The molecule has 2 aromatic carbocycles. The van der Waals surface area contributed by atoms with E-state index in [9.17, 15) is 4.79 Å². The zero-order valence-corrected chi connectivity index (χ0v) is 18.1. The van der Waals surface area contributed by atoms with E-state index in [-0.39, 0.29) is 42.0 Å². The molecule has 0 spiro atoms. The van der Waals surface area contributed by atoms with Gasteiger partial charge in [0, 0.05) is 36.2 Å². The molecule has 0 aliphatic carbocycles. The lowest BCUT2D eigenvalue weighted by molar-refractivity contribution is -0.132. The molecular weight excluding hydrogens is 392 g/mol. The summed E-state index contributed by atoms with van der Waals surface area (Å²) in [4.78, 5) is 17.9. The third kappa shape index (κ3) is 3.07. The Morgan fingerprint density at radius 3 is 2.58 bits per heavy atom. The quantitative estimate of drug-likeness (QED) is 0.586. The van der Waals surface area contributed by atoms with Crippen molar-refractivity contribution >= 4 is 11.7 Å². The molecule has 3 heterocycles. The fourth-order valence-corrected chi connectivity index (χ4v) is 5.40. The van der Waals surface area contributed by atoms with Crippen LogP contribution < -0.4 is 15.2 Å². The van der Waals surface area contributed by atoms with E-state index in [4.69, 9.17) is 20.6 Å². The number of benzene rings is 2. The Bertz CT molecular complexity index is 1050. The van der Waals surface area contributed by atoms with Crippen LogP contribution in [0.5, 0.6) is 11.5 Å². The number of hydrogen-bond donors (Lipinski definition) is 2. The molecule has 0 bridgehead atoms. The first-order valence-corrected chi connectivity index (χ1v) is 10.6. The number of amides is 1. The number of hydrogen-bond acceptors (Lipinski definition) is 5. The number of nitrogens with zero attached hydrogens (tertiary/aromatic N) is 2. The minimum absolute atomic E-state index is 0.00439. The summed E-state index contributed by atoms with van der Waals surface area (Å²) in [6, 6.07) is 13.6. The number of rotatable bonds is 4. The molecule has 1 amide bonds. The van der Waals surface area contributed by atoms with Crippen molar-refractivity contribution in [2.24, 2.45) is 17.6 Å². The SMILES string of the molecule is CN1[C@@H](c2ccc(C(=N)N)cc2)C2C(=O)N(Cc3ccc4c(c3)OCO4)CC2C1(C)C. The van der Waals surface area contributed by atoms with Gasteiger partial charge < -0.3 is 20.1 Å². The number of likely N-dealkylation sites (tertiary alicyclic amines) is 2. The van der Waals surface area contributed by atoms with Crippen LogP contribution in [0.15, 0.2) is 42.5 Å². The summed E-state index contributed by atoms with van der Waals surface area (Å²) in [5.74, 6) is 1.88. The van der Waals surface area contributed by atoms with Gasteiger partial charge in [-0.15, -0.1) is 0 Å². The van der Waals surface area contributed by atoms with E-state index in [0.717, 1.165) is 29.2 Å². The van der Waals surface area contributed by atoms with Gasteiger partial charge in [-0.2, -0.15) is 0 Å². The van der Waals surface area contributed by atoms with E-state index in [1.807, 2.05) is 47.4 Å². The molecule has 0 radical (unpaired) electrons. The zero-order chi connectivity index (χ0) is 21.9. The van der Waals surface area contributed by atoms with Gasteiger partial charge in [0.25, 0.3) is 0 Å². The van der Waals surface area contributed by atoms with Crippen molar-refractivity contribution < 1.29 is 14.3 Å². The first-order valence-electron chi connectivity index (χ1n) is 10.6. The molecule has 0 aromatic heterocycles. The topological polar surface area (TPSA) is 91.9 Å². The van der Waals surface area contributed by atoms with Gasteiger partial charge in [-0.1, -0.05) is 30.3 Å². The summed E-state index contributed by atoms with van der Waals surface area (Å²) < 4.78 is 10.9. The highest BCUT2D eigenvalue weighted by atomic mass is 16.7.